The quantitative estimate of drug-likeness (QED) is 0.217. The lowest BCUT2D eigenvalue weighted by molar-refractivity contribution is -0.225. The summed E-state index contributed by atoms with van der Waals surface area (Å²) in [6.45, 7) is 4.96. The molecule has 6 rings (SSSR count). The average molecular weight is 516 g/mol. The third kappa shape index (κ3) is 4.20. The van der Waals surface area contributed by atoms with E-state index in [1.807, 2.05) is 72.8 Å². The molecule has 0 atom stereocenters. The number of anilines is 1. The number of hydrogen-bond acceptors (Lipinski definition) is 5. The summed E-state index contributed by atoms with van der Waals surface area (Å²) in [6.07, 6.45) is 9.76. The van der Waals surface area contributed by atoms with E-state index in [1.54, 1.807) is 18.2 Å². The zero-order chi connectivity index (χ0) is 27.0. The summed E-state index contributed by atoms with van der Waals surface area (Å²) in [5.74, 6) is -3.03. The van der Waals surface area contributed by atoms with Crippen molar-refractivity contribution in [2.75, 3.05) is 4.90 Å². The van der Waals surface area contributed by atoms with E-state index >= 15 is 0 Å². The molecule has 5 heteroatoms. The average Bonchev–Trinajstić information content (AvgIpc) is 3.56. The fourth-order valence-electron chi connectivity index (χ4n) is 5.61. The highest BCUT2D eigenvalue weighted by Crippen LogP contribution is 2.48. The van der Waals surface area contributed by atoms with Crippen LogP contribution in [0.3, 0.4) is 0 Å². The number of ether oxygens (including phenoxy) is 2. The van der Waals surface area contributed by atoms with E-state index < -0.39 is 17.7 Å². The first kappa shape index (κ1) is 24.7. The van der Waals surface area contributed by atoms with Crippen LogP contribution < -0.4 is 4.90 Å². The largest absolute Gasteiger partial charge is 0.410 e. The van der Waals surface area contributed by atoms with E-state index in [4.69, 9.17) is 9.47 Å². The molecule has 3 aromatic carbocycles. The molecule has 3 aromatic rings. The van der Waals surface area contributed by atoms with Crippen molar-refractivity contribution in [3.05, 3.63) is 149 Å². The Hall–Kier alpha value is -4.64. The Morgan fingerprint density at radius 1 is 0.821 bits per heavy atom. The third-order valence-corrected chi connectivity index (χ3v) is 7.61. The smallest absolute Gasteiger partial charge is 0.349 e. The normalized spacial score (nSPS) is 22.4. The molecule has 3 aliphatic rings. The Morgan fingerprint density at radius 2 is 1.46 bits per heavy atom. The molecule has 2 aliphatic heterocycles. The van der Waals surface area contributed by atoms with E-state index in [1.165, 1.54) is 5.56 Å². The fourth-order valence-corrected chi connectivity index (χ4v) is 5.61. The van der Waals surface area contributed by atoms with Gasteiger partial charge in [-0.15, -0.1) is 0 Å². The van der Waals surface area contributed by atoms with Gasteiger partial charge in [0, 0.05) is 34.5 Å². The molecule has 1 aliphatic carbocycles. The molecule has 0 saturated carbocycles. The molecule has 2 heterocycles. The van der Waals surface area contributed by atoms with Gasteiger partial charge in [-0.3, -0.25) is 0 Å². The highest BCUT2D eigenvalue weighted by Gasteiger charge is 2.50. The Bertz CT molecular complexity index is 1540. The fraction of sp³-hybridized carbons (Fsp3) is 0.176. The van der Waals surface area contributed by atoms with Crippen molar-refractivity contribution < 1.29 is 19.1 Å². The van der Waals surface area contributed by atoms with Gasteiger partial charge in [-0.2, -0.15) is 0 Å². The lowest BCUT2D eigenvalue weighted by Gasteiger charge is -2.37. The molecule has 0 aromatic heterocycles. The molecule has 5 nitrogen and oxygen atoms in total. The number of carbonyl (C=O) groups excluding carboxylic acids is 2. The Balaban J connectivity index is 1.38. The van der Waals surface area contributed by atoms with Crippen LogP contribution in [0.1, 0.15) is 37.0 Å². The molecule has 1 fully saturated rings. The van der Waals surface area contributed by atoms with E-state index in [2.05, 4.69) is 43.0 Å². The van der Waals surface area contributed by atoms with Crippen LogP contribution in [-0.4, -0.2) is 11.9 Å². The molecule has 194 valence electrons. The number of carbonyl (C=O) groups is 2. The summed E-state index contributed by atoms with van der Waals surface area (Å²) < 4.78 is 11.9. The van der Waals surface area contributed by atoms with E-state index in [0.29, 0.717) is 24.1 Å². The highest BCUT2D eigenvalue weighted by molar-refractivity contribution is 6.16. The van der Waals surface area contributed by atoms with Gasteiger partial charge >= 0.3 is 17.7 Å². The number of para-hydroxylation sites is 1. The van der Waals surface area contributed by atoms with Gasteiger partial charge in [-0.1, -0.05) is 111 Å². The van der Waals surface area contributed by atoms with Gasteiger partial charge in [-0.05, 0) is 35.8 Å². The molecule has 39 heavy (non-hydrogen) atoms. The molecular formula is C34H29NO4. The summed E-state index contributed by atoms with van der Waals surface area (Å²) >= 11 is 0. The first-order valence-corrected chi connectivity index (χ1v) is 13.1. The lowest BCUT2D eigenvalue weighted by Crippen LogP contribution is -2.45. The SMILES string of the molecule is CC1(C)/C(=C\C=C2C(=O)OC(C3=CCC=C3)(c3ccccc3)OC2=O)N(Cc2ccccc2)c2ccccc21. The zero-order valence-electron chi connectivity index (χ0n) is 22.0. The van der Waals surface area contributed by atoms with Crippen molar-refractivity contribution >= 4 is 17.6 Å². The number of benzene rings is 3. The molecule has 0 amide bonds. The van der Waals surface area contributed by atoms with Crippen molar-refractivity contribution in [2.24, 2.45) is 0 Å². The highest BCUT2D eigenvalue weighted by atomic mass is 16.7. The molecule has 0 bridgehead atoms. The van der Waals surface area contributed by atoms with Gasteiger partial charge in [0.15, 0.2) is 0 Å². The van der Waals surface area contributed by atoms with Crippen LogP contribution in [0, 0.1) is 0 Å². The number of esters is 2. The van der Waals surface area contributed by atoms with Gasteiger partial charge in [-0.25, -0.2) is 9.59 Å². The molecule has 0 spiro atoms. The summed E-state index contributed by atoms with van der Waals surface area (Å²) in [6, 6.07) is 27.6. The van der Waals surface area contributed by atoms with E-state index in [9.17, 15) is 9.59 Å². The van der Waals surface area contributed by atoms with E-state index in [-0.39, 0.29) is 11.0 Å². The van der Waals surface area contributed by atoms with Crippen LogP contribution in [0.15, 0.2) is 132 Å². The van der Waals surface area contributed by atoms with Crippen LogP contribution in [0.4, 0.5) is 5.69 Å². The monoisotopic (exact) mass is 515 g/mol. The Morgan fingerprint density at radius 3 is 2.13 bits per heavy atom. The number of cyclic esters (lactones) is 2. The van der Waals surface area contributed by atoms with Crippen LogP contribution in [0.2, 0.25) is 0 Å². The second-order valence-corrected chi connectivity index (χ2v) is 10.4. The molecule has 0 radical (unpaired) electrons. The first-order valence-electron chi connectivity index (χ1n) is 13.1. The summed E-state index contributed by atoms with van der Waals surface area (Å²) in [7, 11) is 0. The minimum Gasteiger partial charge on any atom is -0.410 e. The molecule has 0 unspecified atom stereocenters. The first-order chi connectivity index (χ1) is 18.9. The van der Waals surface area contributed by atoms with Crippen molar-refractivity contribution in [3.8, 4) is 0 Å². The second kappa shape index (κ2) is 9.59. The molecular weight excluding hydrogens is 486 g/mol. The van der Waals surface area contributed by atoms with Crippen LogP contribution in [0.25, 0.3) is 0 Å². The van der Waals surface area contributed by atoms with Gasteiger partial charge in [0.2, 0.25) is 0 Å². The number of nitrogens with zero attached hydrogens (tertiary/aromatic N) is 1. The van der Waals surface area contributed by atoms with Crippen molar-refractivity contribution in [1.29, 1.82) is 0 Å². The van der Waals surface area contributed by atoms with Crippen molar-refractivity contribution in [1.82, 2.24) is 0 Å². The molecule has 0 N–H and O–H groups in total. The maximum absolute atomic E-state index is 13.4. The zero-order valence-corrected chi connectivity index (χ0v) is 22.0. The van der Waals surface area contributed by atoms with Crippen LogP contribution in [-0.2, 0) is 36.8 Å². The standard InChI is InChI=1S/C34H29NO4/c1-33(2)28-19-11-12-20-29(28)35(23-24-13-5-3-6-14-24)30(33)22-21-27-31(36)38-34(39-32(27)37,26-17-9-10-18-26)25-15-7-4-8-16-25/h3-9,11-22H,10,23H2,1-2H3/b27-21?,30-22+. The summed E-state index contributed by atoms with van der Waals surface area (Å²) in [5.41, 5.74) is 5.15. The summed E-state index contributed by atoms with van der Waals surface area (Å²) in [5, 5.41) is 0. The van der Waals surface area contributed by atoms with Gasteiger partial charge in [0.25, 0.3) is 0 Å². The van der Waals surface area contributed by atoms with E-state index in [0.717, 1.165) is 16.9 Å². The maximum atomic E-state index is 13.4. The van der Waals surface area contributed by atoms with Gasteiger partial charge < -0.3 is 14.4 Å². The second-order valence-electron chi connectivity index (χ2n) is 10.4. The predicted molar refractivity (Wildman–Crippen MR) is 150 cm³/mol. The van der Waals surface area contributed by atoms with Crippen molar-refractivity contribution in [2.45, 2.75) is 38.0 Å². The summed E-state index contributed by atoms with van der Waals surface area (Å²) in [4.78, 5) is 29.1. The minimum absolute atomic E-state index is 0.136. The number of fused-ring (bicyclic) bond motifs is 1. The van der Waals surface area contributed by atoms with Gasteiger partial charge in [0.05, 0.1) is 0 Å². The van der Waals surface area contributed by atoms with Crippen LogP contribution in [0.5, 0.6) is 0 Å². The third-order valence-electron chi connectivity index (χ3n) is 7.61. The topological polar surface area (TPSA) is 55.8 Å². The maximum Gasteiger partial charge on any atom is 0.349 e. The number of allylic oxidation sites excluding steroid dienone is 5. The Labute approximate surface area is 228 Å². The predicted octanol–water partition coefficient (Wildman–Crippen LogP) is 6.63. The Kier molecular flexibility index (Phi) is 6.07. The van der Waals surface area contributed by atoms with Crippen molar-refractivity contribution in [3.63, 3.8) is 0 Å². The van der Waals surface area contributed by atoms with Gasteiger partial charge in [0.1, 0.15) is 5.57 Å². The number of rotatable bonds is 5. The minimum atomic E-state index is -1.60. The van der Waals surface area contributed by atoms with Crippen LogP contribution >= 0.6 is 0 Å². The molecule has 1 saturated heterocycles. The number of hydrogen-bond donors (Lipinski definition) is 0. The lowest BCUT2D eigenvalue weighted by atomic mass is 9.83.